The van der Waals surface area contributed by atoms with Gasteiger partial charge in [0.1, 0.15) is 17.1 Å². The fourth-order valence-corrected chi connectivity index (χ4v) is 3.65. The molecule has 0 spiro atoms. The average molecular weight is 525 g/mol. The van der Waals surface area contributed by atoms with E-state index < -0.39 is 59.0 Å². The van der Waals surface area contributed by atoms with Crippen molar-refractivity contribution in [3.63, 3.8) is 0 Å². The molecule has 37 heavy (non-hydrogen) atoms. The Balaban J connectivity index is 1.41. The molecule has 0 bridgehead atoms. The average Bonchev–Trinajstić information content (AvgIpc) is 3.32. The number of amides is 2. The smallest absolute Gasteiger partial charge is 0.417 e. The number of carbonyl (C=O) groups is 2. The number of imide groups is 1. The molecule has 1 aliphatic rings. The summed E-state index contributed by atoms with van der Waals surface area (Å²) in [5, 5.41) is 5.63. The van der Waals surface area contributed by atoms with E-state index in [4.69, 9.17) is 9.26 Å². The van der Waals surface area contributed by atoms with Gasteiger partial charge in [-0.3, -0.25) is 19.9 Å². The number of pyridine rings is 1. The largest absolute Gasteiger partial charge is 0.481 e. The normalized spacial score (nSPS) is 15.0. The molecule has 0 aliphatic carbocycles. The number of hydrogen-bond donors (Lipinski definition) is 1. The number of hydrogen-bond acceptors (Lipinski definition) is 8. The zero-order valence-corrected chi connectivity index (χ0v) is 19.3. The highest BCUT2D eigenvalue weighted by molar-refractivity contribution is 6.05. The summed E-state index contributed by atoms with van der Waals surface area (Å²) in [5.74, 6) is -5.67. The molecule has 2 amide bonds. The zero-order valence-electron chi connectivity index (χ0n) is 19.3. The molecule has 9 nitrogen and oxygen atoms in total. The minimum absolute atomic E-state index is 0.0100. The van der Waals surface area contributed by atoms with E-state index in [1.165, 1.54) is 0 Å². The van der Waals surface area contributed by atoms with Crippen LogP contribution in [0.4, 0.5) is 22.0 Å². The predicted molar refractivity (Wildman–Crippen MR) is 116 cm³/mol. The molecule has 0 radical (unpaired) electrons. The molecular formula is C23H20F5N5O4. The van der Waals surface area contributed by atoms with Crippen LogP contribution < -0.4 is 10.1 Å². The summed E-state index contributed by atoms with van der Waals surface area (Å²) in [7, 11) is 1.90. The second-order valence-electron chi connectivity index (χ2n) is 8.36. The third-order valence-electron chi connectivity index (χ3n) is 5.75. The number of benzene rings is 1. The van der Waals surface area contributed by atoms with Gasteiger partial charge in [-0.1, -0.05) is 5.16 Å². The SMILES string of the molecule is CN1CCC(C(=O)NC(=O)c2c(F)ccc(OCc3nc(-c4ccc(C(F)(F)F)cn4)no3)c2F)CC1. The van der Waals surface area contributed by atoms with Gasteiger partial charge in [-0.25, -0.2) is 8.78 Å². The maximum absolute atomic E-state index is 14.9. The van der Waals surface area contributed by atoms with Gasteiger partial charge in [-0.2, -0.15) is 18.2 Å². The van der Waals surface area contributed by atoms with Gasteiger partial charge in [0, 0.05) is 12.1 Å². The third-order valence-corrected chi connectivity index (χ3v) is 5.75. The van der Waals surface area contributed by atoms with Crippen molar-refractivity contribution in [2.45, 2.75) is 25.6 Å². The van der Waals surface area contributed by atoms with Crippen molar-refractivity contribution in [2.75, 3.05) is 20.1 Å². The van der Waals surface area contributed by atoms with E-state index in [2.05, 4.69) is 15.1 Å². The van der Waals surface area contributed by atoms with Crippen LogP contribution in [0.5, 0.6) is 5.75 Å². The van der Waals surface area contributed by atoms with Gasteiger partial charge in [0.15, 0.2) is 18.2 Å². The first kappa shape index (κ1) is 26.1. The van der Waals surface area contributed by atoms with Gasteiger partial charge in [0.2, 0.25) is 11.7 Å². The third kappa shape index (κ3) is 6.07. The van der Waals surface area contributed by atoms with Crippen LogP contribution in [0.25, 0.3) is 11.5 Å². The Morgan fingerprint density at radius 1 is 1.16 bits per heavy atom. The Morgan fingerprint density at radius 2 is 1.89 bits per heavy atom. The molecule has 0 unspecified atom stereocenters. The number of ether oxygens (including phenoxy) is 1. The lowest BCUT2D eigenvalue weighted by Crippen LogP contribution is -2.41. The van der Waals surface area contributed by atoms with Crippen LogP contribution in [0, 0.1) is 17.6 Å². The molecule has 1 aromatic carbocycles. The molecule has 3 aromatic rings. The molecule has 1 N–H and O–H groups in total. The van der Waals surface area contributed by atoms with Crippen molar-refractivity contribution in [2.24, 2.45) is 5.92 Å². The van der Waals surface area contributed by atoms with Crippen LogP contribution >= 0.6 is 0 Å². The fraction of sp³-hybridized carbons (Fsp3) is 0.348. The van der Waals surface area contributed by atoms with Crippen molar-refractivity contribution in [3.8, 4) is 17.3 Å². The van der Waals surface area contributed by atoms with Gasteiger partial charge in [-0.05, 0) is 57.2 Å². The van der Waals surface area contributed by atoms with Gasteiger partial charge >= 0.3 is 6.18 Å². The first-order valence-electron chi connectivity index (χ1n) is 11.0. The quantitative estimate of drug-likeness (QED) is 0.384. The summed E-state index contributed by atoms with van der Waals surface area (Å²) in [6, 6.07) is 3.59. The molecule has 2 aromatic heterocycles. The van der Waals surface area contributed by atoms with Crippen LogP contribution in [0.1, 0.15) is 34.7 Å². The first-order valence-corrected chi connectivity index (χ1v) is 11.0. The van der Waals surface area contributed by atoms with E-state index in [1.54, 1.807) is 0 Å². The van der Waals surface area contributed by atoms with Crippen molar-refractivity contribution < 1.29 is 40.8 Å². The Bertz CT molecular complexity index is 1290. The van der Waals surface area contributed by atoms with E-state index in [-0.39, 0.29) is 17.4 Å². The Kier molecular flexibility index (Phi) is 7.47. The van der Waals surface area contributed by atoms with Crippen molar-refractivity contribution in [3.05, 3.63) is 59.1 Å². The molecule has 4 rings (SSSR count). The molecule has 196 valence electrons. The van der Waals surface area contributed by atoms with Gasteiger partial charge in [0.25, 0.3) is 11.8 Å². The maximum Gasteiger partial charge on any atom is 0.417 e. The number of rotatable bonds is 6. The molecule has 14 heteroatoms. The highest BCUT2D eigenvalue weighted by Gasteiger charge is 2.31. The van der Waals surface area contributed by atoms with Gasteiger partial charge in [0.05, 0.1) is 5.56 Å². The second-order valence-corrected chi connectivity index (χ2v) is 8.36. The predicted octanol–water partition coefficient (Wildman–Crippen LogP) is 3.61. The van der Waals surface area contributed by atoms with Crippen molar-refractivity contribution >= 4 is 11.8 Å². The first-order chi connectivity index (χ1) is 17.5. The second kappa shape index (κ2) is 10.6. The van der Waals surface area contributed by atoms with E-state index >= 15 is 0 Å². The van der Waals surface area contributed by atoms with E-state index in [1.807, 2.05) is 17.3 Å². The number of nitrogens with one attached hydrogen (secondary N) is 1. The number of aromatic nitrogens is 3. The Labute approximate surface area is 206 Å². The topological polar surface area (TPSA) is 110 Å². The van der Waals surface area contributed by atoms with Crippen molar-refractivity contribution in [1.82, 2.24) is 25.3 Å². The lowest BCUT2D eigenvalue weighted by molar-refractivity contribution is -0.137. The number of alkyl halides is 3. The molecule has 3 heterocycles. The highest BCUT2D eigenvalue weighted by Crippen LogP contribution is 2.29. The summed E-state index contributed by atoms with van der Waals surface area (Å²) in [5.41, 5.74) is -1.95. The number of halogens is 5. The van der Waals surface area contributed by atoms with Crippen LogP contribution in [0.3, 0.4) is 0 Å². The molecular weight excluding hydrogens is 505 g/mol. The molecule has 1 aliphatic heterocycles. The summed E-state index contributed by atoms with van der Waals surface area (Å²) in [6.45, 7) is 0.807. The highest BCUT2D eigenvalue weighted by atomic mass is 19.4. The van der Waals surface area contributed by atoms with E-state index in [0.717, 1.165) is 24.3 Å². The van der Waals surface area contributed by atoms with Gasteiger partial charge in [-0.15, -0.1) is 0 Å². The van der Waals surface area contributed by atoms with Crippen LogP contribution in [0.2, 0.25) is 0 Å². The summed E-state index contributed by atoms with van der Waals surface area (Å²) in [4.78, 5) is 34.4. The van der Waals surface area contributed by atoms with Crippen molar-refractivity contribution in [1.29, 1.82) is 0 Å². The van der Waals surface area contributed by atoms with Crippen LogP contribution in [0.15, 0.2) is 35.0 Å². The molecule has 0 atom stereocenters. The number of carbonyl (C=O) groups excluding carboxylic acids is 2. The van der Waals surface area contributed by atoms with E-state index in [0.29, 0.717) is 32.1 Å². The lowest BCUT2D eigenvalue weighted by Gasteiger charge is -2.27. The van der Waals surface area contributed by atoms with E-state index in [9.17, 15) is 31.5 Å². The van der Waals surface area contributed by atoms with Gasteiger partial charge < -0.3 is 14.2 Å². The molecule has 1 saturated heterocycles. The monoisotopic (exact) mass is 525 g/mol. The summed E-state index contributed by atoms with van der Waals surface area (Å²) < 4.78 is 77.4. The maximum atomic E-state index is 14.9. The van der Waals surface area contributed by atoms with Crippen LogP contribution in [-0.4, -0.2) is 52.0 Å². The Hall–Kier alpha value is -3.94. The van der Waals surface area contributed by atoms with Crippen LogP contribution in [-0.2, 0) is 17.6 Å². The summed E-state index contributed by atoms with van der Waals surface area (Å²) >= 11 is 0. The fourth-order valence-electron chi connectivity index (χ4n) is 3.65. The number of piperidine rings is 1. The number of nitrogens with zero attached hydrogens (tertiary/aromatic N) is 4. The Morgan fingerprint density at radius 3 is 2.54 bits per heavy atom. The lowest BCUT2D eigenvalue weighted by atomic mass is 9.96. The number of likely N-dealkylation sites (tertiary alicyclic amines) is 1. The molecule has 1 fully saturated rings. The minimum atomic E-state index is -4.56. The zero-order chi connectivity index (χ0) is 26.7. The molecule has 0 saturated carbocycles. The summed E-state index contributed by atoms with van der Waals surface area (Å²) in [6.07, 6.45) is -2.92. The standard InChI is InChI=1S/C23H20F5N5O4/c1-33-8-6-12(7-9-33)21(34)31-22(35)18-14(24)3-5-16(19(18)25)36-11-17-30-20(32-37-17)15-4-2-13(10-29-15)23(26,27)28/h2-5,10,12H,6-9,11H2,1H3,(H,31,34,35). The minimum Gasteiger partial charge on any atom is -0.481 e.